The Kier molecular flexibility index (Phi) is 3.30. The van der Waals surface area contributed by atoms with E-state index < -0.39 is 0 Å². The molecule has 2 rings (SSSR count). The van der Waals surface area contributed by atoms with Crippen LogP contribution in [0.4, 0.5) is 15.9 Å². The van der Waals surface area contributed by atoms with Gasteiger partial charge in [0.2, 0.25) is 0 Å². The molecule has 0 saturated carbocycles. The zero-order chi connectivity index (χ0) is 12.3. The first-order valence-corrected chi connectivity index (χ1v) is 5.43. The maximum Gasteiger partial charge on any atom is 0.183 e. The molecule has 84 valence electrons. The summed E-state index contributed by atoms with van der Waals surface area (Å²) < 4.78 is 13.4. The molecule has 0 bridgehead atoms. The van der Waals surface area contributed by atoms with Crippen molar-refractivity contribution in [3.63, 3.8) is 0 Å². The van der Waals surface area contributed by atoms with Crippen LogP contribution in [0.1, 0.15) is 5.69 Å². The molecule has 0 aliphatic carbocycles. The predicted octanol–water partition coefficient (Wildman–Crippen LogP) is 2.99. The lowest BCUT2D eigenvalue weighted by molar-refractivity contribution is 0.621. The van der Waals surface area contributed by atoms with Crippen LogP contribution in [0.25, 0.3) is 0 Å². The Morgan fingerprint density at radius 1 is 1.29 bits per heavy atom. The number of nitrogens with zero attached hydrogens (tertiary/aromatic N) is 3. The van der Waals surface area contributed by atoms with Crippen molar-refractivity contribution in [3.05, 3.63) is 46.6 Å². The zero-order valence-corrected chi connectivity index (χ0v) is 10.1. The van der Waals surface area contributed by atoms with Crippen LogP contribution >= 0.6 is 15.9 Å². The summed E-state index contributed by atoms with van der Waals surface area (Å²) in [5.74, 6) is -0.0105. The molecule has 4 nitrogen and oxygen atoms in total. The minimum absolute atomic E-state index is 0.188. The second kappa shape index (κ2) is 4.89. The van der Waals surface area contributed by atoms with Gasteiger partial charge in [-0.3, -0.25) is 0 Å². The summed E-state index contributed by atoms with van der Waals surface area (Å²) in [5, 5.41) is 11.7. The smallest absolute Gasteiger partial charge is 0.183 e. The van der Waals surface area contributed by atoms with E-state index in [1.165, 1.54) is 18.5 Å². The molecule has 0 saturated heterocycles. The molecule has 0 fully saturated rings. The minimum atomic E-state index is -0.352. The Balaban J connectivity index is 2.32. The Labute approximate surface area is 105 Å². The monoisotopic (exact) mass is 292 g/mol. The first-order chi connectivity index (χ1) is 8.20. The van der Waals surface area contributed by atoms with Crippen molar-refractivity contribution < 1.29 is 4.39 Å². The third kappa shape index (κ3) is 2.57. The van der Waals surface area contributed by atoms with Crippen LogP contribution in [0.3, 0.4) is 0 Å². The van der Waals surface area contributed by atoms with Gasteiger partial charge in [-0.25, -0.2) is 14.4 Å². The number of benzene rings is 1. The van der Waals surface area contributed by atoms with E-state index >= 15 is 0 Å². The van der Waals surface area contributed by atoms with Crippen LogP contribution in [0.15, 0.2) is 35.1 Å². The standard InChI is InChI=1S/C11H6BrFN4/c12-8-5-7(1-2-9(8)13)17-11-10(6-14)15-3-4-16-11/h1-5H,(H,16,17). The SMILES string of the molecule is N#Cc1nccnc1Nc1ccc(F)c(Br)c1. The maximum atomic E-state index is 13.0. The highest BCUT2D eigenvalue weighted by atomic mass is 79.9. The normalized spacial score (nSPS) is 9.71. The van der Waals surface area contributed by atoms with Crippen molar-refractivity contribution in [2.45, 2.75) is 0 Å². The molecule has 17 heavy (non-hydrogen) atoms. The molecule has 0 aliphatic heterocycles. The lowest BCUT2D eigenvalue weighted by atomic mass is 10.3. The topological polar surface area (TPSA) is 61.6 Å². The fraction of sp³-hybridized carbons (Fsp3) is 0. The van der Waals surface area contributed by atoms with Gasteiger partial charge < -0.3 is 5.32 Å². The molecule has 0 atom stereocenters. The molecule has 0 aliphatic rings. The first-order valence-electron chi connectivity index (χ1n) is 4.64. The highest BCUT2D eigenvalue weighted by molar-refractivity contribution is 9.10. The highest BCUT2D eigenvalue weighted by Gasteiger charge is 2.05. The molecule has 1 N–H and O–H groups in total. The van der Waals surface area contributed by atoms with Crippen molar-refractivity contribution in [1.29, 1.82) is 5.26 Å². The second-order valence-corrected chi connectivity index (χ2v) is 3.97. The number of nitriles is 1. The van der Waals surface area contributed by atoms with E-state index in [-0.39, 0.29) is 11.5 Å². The molecule has 0 radical (unpaired) electrons. The fourth-order valence-electron chi connectivity index (χ4n) is 1.22. The second-order valence-electron chi connectivity index (χ2n) is 3.12. The molecule has 1 aromatic heterocycles. The number of anilines is 2. The summed E-state index contributed by atoms with van der Waals surface area (Å²) in [5.41, 5.74) is 0.809. The van der Waals surface area contributed by atoms with E-state index in [0.29, 0.717) is 16.0 Å². The number of aromatic nitrogens is 2. The molecule has 1 aromatic carbocycles. The van der Waals surface area contributed by atoms with E-state index in [1.54, 1.807) is 12.1 Å². The molecule has 0 amide bonds. The van der Waals surface area contributed by atoms with Gasteiger partial charge in [-0.2, -0.15) is 5.26 Å². The van der Waals surface area contributed by atoms with Crippen LogP contribution < -0.4 is 5.32 Å². The molecule has 0 spiro atoms. The molecule has 1 heterocycles. The highest BCUT2D eigenvalue weighted by Crippen LogP contribution is 2.22. The van der Waals surface area contributed by atoms with E-state index in [1.807, 2.05) is 6.07 Å². The predicted molar refractivity (Wildman–Crippen MR) is 64.1 cm³/mol. The van der Waals surface area contributed by atoms with Crippen molar-refractivity contribution in [2.75, 3.05) is 5.32 Å². The third-order valence-corrected chi connectivity index (χ3v) is 2.59. The summed E-state index contributed by atoms with van der Waals surface area (Å²) in [6.45, 7) is 0. The lowest BCUT2D eigenvalue weighted by Gasteiger charge is -2.06. The summed E-state index contributed by atoms with van der Waals surface area (Å²) in [7, 11) is 0. The molecule has 6 heteroatoms. The Morgan fingerprint density at radius 2 is 2.06 bits per heavy atom. The third-order valence-electron chi connectivity index (χ3n) is 1.99. The van der Waals surface area contributed by atoms with Crippen molar-refractivity contribution >= 4 is 27.4 Å². The average Bonchev–Trinajstić information content (AvgIpc) is 2.34. The van der Waals surface area contributed by atoms with Crippen molar-refractivity contribution in [1.82, 2.24) is 9.97 Å². The van der Waals surface area contributed by atoms with Gasteiger partial charge in [0.05, 0.1) is 4.47 Å². The van der Waals surface area contributed by atoms with Gasteiger partial charge in [-0.1, -0.05) is 0 Å². The Morgan fingerprint density at radius 3 is 2.76 bits per heavy atom. The van der Waals surface area contributed by atoms with E-state index in [0.717, 1.165) is 0 Å². The van der Waals surface area contributed by atoms with Crippen molar-refractivity contribution in [2.24, 2.45) is 0 Å². The van der Waals surface area contributed by atoms with Crippen LogP contribution in [0.2, 0.25) is 0 Å². The van der Waals surface area contributed by atoms with Gasteiger partial charge in [0, 0.05) is 18.1 Å². The summed E-state index contributed by atoms with van der Waals surface area (Å²) in [6.07, 6.45) is 2.91. The van der Waals surface area contributed by atoms with Gasteiger partial charge in [-0.15, -0.1) is 0 Å². The molecule has 0 unspecified atom stereocenters. The fourth-order valence-corrected chi connectivity index (χ4v) is 1.60. The Bertz CT molecular complexity index is 594. The lowest BCUT2D eigenvalue weighted by Crippen LogP contribution is -1.98. The number of nitrogens with one attached hydrogen (secondary N) is 1. The average molecular weight is 293 g/mol. The van der Waals surface area contributed by atoms with Gasteiger partial charge in [0.1, 0.15) is 11.9 Å². The minimum Gasteiger partial charge on any atom is -0.338 e. The summed E-state index contributed by atoms with van der Waals surface area (Å²) in [4.78, 5) is 7.85. The summed E-state index contributed by atoms with van der Waals surface area (Å²) >= 11 is 3.08. The maximum absolute atomic E-state index is 13.0. The van der Waals surface area contributed by atoms with E-state index in [9.17, 15) is 4.39 Å². The van der Waals surface area contributed by atoms with Crippen molar-refractivity contribution in [3.8, 4) is 6.07 Å². The number of hydrogen-bond donors (Lipinski definition) is 1. The van der Waals surface area contributed by atoms with E-state index in [4.69, 9.17) is 5.26 Å². The largest absolute Gasteiger partial charge is 0.338 e. The molecular weight excluding hydrogens is 287 g/mol. The van der Waals surface area contributed by atoms with Crippen LogP contribution in [-0.4, -0.2) is 9.97 Å². The van der Waals surface area contributed by atoms with Gasteiger partial charge in [-0.05, 0) is 34.1 Å². The van der Waals surface area contributed by atoms with E-state index in [2.05, 4.69) is 31.2 Å². The summed E-state index contributed by atoms with van der Waals surface area (Å²) in [6, 6.07) is 6.35. The van der Waals surface area contributed by atoms with Crippen LogP contribution in [0, 0.1) is 17.1 Å². The molecular formula is C11H6BrFN4. The van der Waals surface area contributed by atoms with Crippen LogP contribution in [-0.2, 0) is 0 Å². The Hall–Kier alpha value is -2.00. The number of hydrogen-bond acceptors (Lipinski definition) is 4. The molecule has 2 aromatic rings. The van der Waals surface area contributed by atoms with Gasteiger partial charge >= 0.3 is 0 Å². The number of rotatable bonds is 2. The van der Waals surface area contributed by atoms with Gasteiger partial charge in [0.15, 0.2) is 11.5 Å². The van der Waals surface area contributed by atoms with Gasteiger partial charge in [0.25, 0.3) is 0 Å². The van der Waals surface area contributed by atoms with Crippen LogP contribution in [0.5, 0.6) is 0 Å². The first kappa shape index (κ1) is 11.5. The quantitative estimate of drug-likeness (QED) is 0.924. The zero-order valence-electron chi connectivity index (χ0n) is 8.48. The number of halogens is 2.